The number of carbonyl (C=O) groups is 1. The Morgan fingerprint density at radius 3 is 1.90 bits per heavy atom. The number of nitrogens with one attached hydrogen (secondary N) is 2. The molecule has 7 heteroatoms. The minimum absolute atomic E-state index is 0.0632. The number of nitrogens with two attached hydrogens (primary N) is 1. The molecular weight excluding hydrogens is 410 g/mol. The minimum Gasteiger partial charge on any atom is -0.348 e. The summed E-state index contributed by atoms with van der Waals surface area (Å²) >= 11 is 0. The zero-order valence-corrected chi connectivity index (χ0v) is 18.4. The van der Waals surface area contributed by atoms with Crippen LogP contribution in [0.15, 0.2) is 83.8 Å². The van der Waals surface area contributed by atoms with Gasteiger partial charge in [-0.15, -0.1) is 0 Å². The maximum absolute atomic E-state index is 12.4. The smallest absolute Gasteiger partial charge is 0.238 e. The Labute approximate surface area is 183 Å². The van der Waals surface area contributed by atoms with Gasteiger partial charge in [0.2, 0.25) is 15.9 Å². The molecule has 0 aliphatic carbocycles. The molecule has 6 nitrogen and oxygen atoms in total. The lowest BCUT2D eigenvalue weighted by molar-refractivity contribution is -0.121. The summed E-state index contributed by atoms with van der Waals surface area (Å²) in [6.45, 7) is 4.00. The quantitative estimate of drug-likeness (QED) is 0.502. The van der Waals surface area contributed by atoms with E-state index in [0.717, 1.165) is 22.3 Å². The lowest BCUT2D eigenvalue weighted by atomic mass is 10.0. The second kappa shape index (κ2) is 9.87. The summed E-state index contributed by atoms with van der Waals surface area (Å²) in [6, 6.07) is 24.3. The molecule has 31 heavy (non-hydrogen) atoms. The number of benzene rings is 3. The topological polar surface area (TPSA) is 101 Å². The van der Waals surface area contributed by atoms with Crippen LogP contribution in [0, 0.1) is 0 Å². The van der Waals surface area contributed by atoms with Crippen LogP contribution in [0.2, 0.25) is 0 Å². The Hall–Kier alpha value is -3.00. The lowest BCUT2D eigenvalue weighted by Crippen LogP contribution is -2.36. The summed E-state index contributed by atoms with van der Waals surface area (Å²) in [5, 5.41) is 11.3. The first-order chi connectivity index (χ1) is 14.7. The van der Waals surface area contributed by atoms with E-state index in [0.29, 0.717) is 0 Å². The van der Waals surface area contributed by atoms with Crippen molar-refractivity contribution in [1.82, 2.24) is 10.6 Å². The average Bonchev–Trinajstić information content (AvgIpc) is 2.77. The van der Waals surface area contributed by atoms with E-state index in [9.17, 15) is 13.2 Å². The van der Waals surface area contributed by atoms with Crippen molar-refractivity contribution in [1.29, 1.82) is 0 Å². The molecule has 0 saturated carbocycles. The van der Waals surface area contributed by atoms with E-state index in [1.165, 1.54) is 12.1 Å². The van der Waals surface area contributed by atoms with Crippen molar-refractivity contribution >= 4 is 15.9 Å². The van der Waals surface area contributed by atoms with Gasteiger partial charge in [0.25, 0.3) is 0 Å². The standard InChI is InChI=1S/C24H27N3O3S/c1-17(19-12-14-23(15-13-19)31(25,29)30)26-16-24(28)27-18(2)20-8-10-22(11-9-20)21-6-4-3-5-7-21/h3-15,17-18,26H,16H2,1-2H3,(H,27,28)(H2,25,29,30)/t17-,18-/m0/s1. The Bertz CT molecular complexity index is 1110. The number of amides is 1. The summed E-state index contributed by atoms with van der Waals surface area (Å²) in [5.41, 5.74) is 4.18. The molecule has 162 valence electrons. The summed E-state index contributed by atoms with van der Waals surface area (Å²) in [4.78, 5) is 12.4. The molecule has 3 aromatic carbocycles. The maximum Gasteiger partial charge on any atom is 0.238 e. The van der Waals surface area contributed by atoms with E-state index in [1.54, 1.807) is 12.1 Å². The Morgan fingerprint density at radius 1 is 0.806 bits per heavy atom. The van der Waals surface area contributed by atoms with Gasteiger partial charge in [-0.25, -0.2) is 13.6 Å². The second-order valence-corrected chi connectivity index (χ2v) is 9.06. The predicted molar refractivity (Wildman–Crippen MR) is 123 cm³/mol. The molecule has 3 rings (SSSR count). The van der Waals surface area contributed by atoms with Crippen molar-refractivity contribution in [2.45, 2.75) is 30.8 Å². The van der Waals surface area contributed by atoms with Crippen molar-refractivity contribution in [2.24, 2.45) is 5.14 Å². The molecule has 3 aromatic rings. The predicted octanol–water partition coefficient (Wildman–Crippen LogP) is 3.53. The Kier molecular flexibility index (Phi) is 7.22. The minimum atomic E-state index is -3.71. The zero-order chi connectivity index (χ0) is 22.4. The molecular formula is C24H27N3O3S. The molecule has 1 amide bonds. The fraction of sp³-hybridized carbons (Fsp3) is 0.208. The van der Waals surface area contributed by atoms with Crippen molar-refractivity contribution < 1.29 is 13.2 Å². The molecule has 0 aromatic heterocycles. The number of carbonyl (C=O) groups excluding carboxylic acids is 1. The second-order valence-electron chi connectivity index (χ2n) is 7.49. The molecule has 0 bridgehead atoms. The summed E-state index contributed by atoms with van der Waals surface area (Å²) in [5.74, 6) is -0.118. The molecule has 2 atom stereocenters. The molecule has 0 heterocycles. The van der Waals surface area contributed by atoms with Gasteiger partial charge in [-0.05, 0) is 48.2 Å². The van der Waals surface area contributed by atoms with Crippen molar-refractivity contribution in [3.05, 3.63) is 90.0 Å². The van der Waals surface area contributed by atoms with Crippen molar-refractivity contribution in [3.63, 3.8) is 0 Å². The molecule has 0 fully saturated rings. The van der Waals surface area contributed by atoms with Gasteiger partial charge in [-0.1, -0.05) is 66.7 Å². The molecule has 4 N–H and O–H groups in total. The highest BCUT2D eigenvalue weighted by Crippen LogP contribution is 2.22. The van der Waals surface area contributed by atoms with Crippen LogP contribution in [0.5, 0.6) is 0 Å². The fourth-order valence-electron chi connectivity index (χ4n) is 3.28. The first kappa shape index (κ1) is 22.7. The summed E-state index contributed by atoms with van der Waals surface area (Å²) in [6.07, 6.45) is 0. The van der Waals surface area contributed by atoms with Gasteiger partial charge >= 0.3 is 0 Å². The summed E-state index contributed by atoms with van der Waals surface area (Å²) in [7, 11) is -3.71. The molecule has 0 unspecified atom stereocenters. The number of rotatable bonds is 8. The SMILES string of the molecule is C[C@H](NCC(=O)N[C@@H](C)c1ccc(-c2ccccc2)cc1)c1ccc(S(N)(=O)=O)cc1. The monoisotopic (exact) mass is 437 g/mol. The zero-order valence-electron chi connectivity index (χ0n) is 17.6. The van der Waals surface area contributed by atoms with Crippen molar-refractivity contribution in [2.75, 3.05) is 6.54 Å². The van der Waals surface area contributed by atoms with Crippen LogP contribution < -0.4 is 15.8 Å². The third kappa shape index (κ3) is 6.24. The van der Waals surface area contributed by atoms with Crippen LogP contribution in [-0.2, 0) is 14.8 Å². The van der Waals surface area contributed by atoms with Crippen LogP contribution >= 0.6 is 0 Å². The van der Waals surface area contributed by atoms with E-state index in [2.05, 4.69) is 34.9 Å². The van der Waals surface area contributed by atoms with E-state index in [-0.39, 0.29) is 29.4 Å². The van der Waals surface area contributed by atoms with E-state index >= 15 is 0 Å². The highest BCUT2D eigenvalue weighted by atomic mass is 32.2. The van der Waals surface area contributed by atoms with E-state index in [4.69, 9.17) is 5.14 Å². The molecule has 0 aliphatic rings. The van der Waals surface area contributed by atoms with Gasteiger partial charge < -0.3 is 10.6 Å². The van der Waals surface area contributed by atoms with Gasteiger partial charge in [0.15, 0.2) is 0 Å². The Balaban J connectivity index is 1.52. The third-order valence-electron chi connectivity index (χ3n) is 5.17. The van der Waals surface area contributed by atoms with Crippen LogP contribution in [0.25, 0.3) is 11.1 Å². The number of primary sulfonamides is 1. The number of hydrogen-bond acceptors (Lipinski definition) is 4. The molecule has 0 saturated heterocycles. The highest BCUT2D eigenvalue weighted by molar-refractivity contribution is 7.89. The van der Waals surface area contributed by atoms with E-state index in [1.807, 2.05) is 44.2 Å². The lowest BCUT2D eigenvalue weighted by Gasteiger charge is -2.18. The van der Waals surface area contributed by atoms with Gasteiger partial charge in [0.1, 0.15) is 0 Å². The number of hydrogen-bond donors (Lipinski definition) is 3. The van der Waals surface area contributed by atoms with Gasteiger partial charge in [0.05, 0.1) is 17.5 Å². The normalized spacial score (nSPS) is 13.4. The third-order valence-corrected chi connectivity index (χ3v) is 6.10. The van der Waals surface area contributed by atoms with Crippen molar-refractivity contribution in [3.8, 4) is 11.1 Å². The van der Waals surface area contributed by atoms with E-state index < -0.39 is 10.0 Å². The molecule has 0 aliphatic heterocycles. The fourth-order valence-corrected chi connectivity index (χ4v) is 3.80. The van der Waals surface area contributed by atoms with Gasteiger partial charge in [-0.2, -0.15) is 0 Å². The van der Waals surface area contributed by atoms with Crippen LogP contribution in [0.4, 0.5) is 0 Å². The van der Waals surface area contributed by atoms with Gasteiger partial charge in [0, 0.05) is 6.04 Å². The largest absolute Gasteiger partial charge is 0.348 e. The summed E-state index contributed by atoms with van der Waals surface area (Å²) < 4.78 is 22.7. The number of sulfonamides is 1. The Morgan fingerprint density at radius 2 is 1.32 bits per heavy atom. The first-order valence-corrected chi connectivity index (χ1v) is 11.6. The first-order valence-electron chi connectivity index (χ1n) is 10.0. The molecule has 0 spiro atoms. The van der Waals surface area contributed by atoms with Crippen LogP contribution in [0.1, 0.15) is 37.1 Å². The molecule has 0 radical (unpaired) electrons. The van der Waals surface area contributed by atoms with Crippen LogP contribution in [0.3, 0.4) is 0 Å². The highest BCUT2D eigenvalue weighted by Gasteiger charge is 2.13. The average molecular weight is 438 g/mol. The van der Waals surface area contributed by atoms with Gasteiger partial charge in [-0.3, -0.25) is 4.79 Å². The van der Waals surface area contributed by atoms with Crippen LogP contribution in [-0.4, -0.2) is 20.9 Å². The maximum atomic E-state index is 12.4.